The van der Waals surface area contributed by atoms with Crippen molar-refractivity contribution in [3.8, 4) is 5.75 Å². The molecule has 0 radical (unpaired) electrons. The number of anilines is 1. The predicted molar refractivity (Wildman–Crippen MR) is 88.7 cm³/mol. The van der Waals surface area contributed by atoms with Gasteiger partial charge >= 0.3 is 0 Å². The van der Waals surface area contributed by atoms with Gasteiger partial charge in [0.1, 0.15) is 5.75 Å². The number of hydrogen-bond acceptors (Lipinski definition) is 2. The molecule has 2 aromatic carbocycles. The van der Waals surface area contributed by atoms with Crippen LogP contribution in [0.3, 0.4) is 0 Å². The lowest BCUT2D eigenvalue weighted by Gasteiger charge is -2.14. The Balaban J connectivity index is 2.15. The lowest BCUT2D eigenvalue weighted by Crippen LogP contribution is -2.03. The number of hydrogen-bond donors (Lipinski definition) is 1. The maximum atomic E-state index is 5.25. The Morgan fingerprint density at radius 2 is 1.70 bits per heavy atom. The van der Waals surface area contributed by atoms with Gasteiger partial charge in [-0.1, -0.05) is 23.8 Å². The Bertz CT molecular complexity index is 599. The molecule has 1 N–H and O–H groups in total. The first-order chi connectivity index (χ1) is 9.51. The number of rotatable bonds is 4. The summed E-state index contributed by atoms with van der Waals surface area (Å²) in [5, 5.41) is 3.53. The van der Waals surface area contributed by atoms with E-state index in [2.05, 4.69) is 66.3 Å². The van der Waals surface area contributed by atoms with Crippen LogP contribution in [0.15, 0.2) is 34.8 Å². The Labute approximate surface area is 129 Å². The fraction of sp³-hybridized carbons (Fsp3) is 0.294. The Hall–Kier alpha value is -1.48. The Morgan fingerprint density at radius 1 is 1.05 bits per heavy atom. The summed E-state index contributed by atoms with van der Waals surface area (Å²) in [6, 6.07) is 10.6. The predicted octanol–water partition coefficient (Wildman–Crippen LogP) is 5.00. The normalized spacial score (nSPS) is 10.4. The van der Waals surface area contributed by atoms with Gasteiger partial charge in [0.15, 0.2) is 0 Å². The second kappa shape index (κ2) is 6.31. The first-order valence-corrected chi connectivity index (χ1v) is 7.44. The second-order valence-corrected chi connectivity index (χ2v) is 5.95. The first-order valence-electron chi connectivity index (χ1n) is 6.65. The summed E-state index contributed by atoms with van der Waals surface area (Å²) in [6.45, 7) is 7.22. The van der Waals surface area contributed by atoms with E-state index in [0.29, 0.717) is 0 Å². The zero-order valence-corrected chi connectivity index (χ0v) is 14.0. The molecule has 0 aliphatic carbocycles. The molecule has 0 bridgehead atoms. The highest BCUT2D eigenvalue weighted by molar-refractivity contribution is 9.10. The van der Waals surface area contributed by atoms with Gasteiger partial charge in [0, 0.05) is 12.2 Å². The maximum absolute atomic E-state index is 5.25. The Morgan fingerprint density at radius 3 is 2.25 bits per heavy atom. The van der Waals surface area contributed by atoms with Crippen molar-refractivity contribution in [2.45, 2.75) is 27.3 Å². The van der Waals surface area contributed by atoms with Gasteiger partial charge in [-0.2, -0.15) is 0 Å². The van der Waals surface area contributed by atoms with E-state index >= 15 is 0 Å². The van der Waals surface area contributed by atoms with Crippen LogP contribution in [0.2, 0.25) is 0 Å². The van der Waals surface area contributed by atoms with E-state index in [1.54, 1.807) is 7.11 Å². The van der Waals surface area contributed by atoms with Gasteiger partial charge in [-0.3, -0.25) is 0 Å². The van der Waals surface area contributed by atoms with E-state index in [4.69, 9.17) is 4.74 Å². The molecule has 2 aromatic rings. The minimum Gasteiger partial charge on any atom is -0.496 e. The zero-order chi connectivity index (χ0) is 14.7. The smallest absolute Gasteiger partial charge is 0.133 e. The molecule has 20 heavy (non-hydrogen) atoms. The van der Waals surface area contributed by atoms with E-state index in [9.17, 15) is 0 Å². The van der Waals surface area contributed by atoms with Crippen molar-refractivity contribution in [2.75, 3.05) is 12.4 Å². The SMILES string of the molecule is COc1ccc(CNc2c(C)cc(C)cc2C)cc1Br. The molecule has 0 saturated heterocycles. The third-order valence-corrected chi connectivity index (χ3v) is 3.98. The van der Waals surface area contributed by atoms with Crippen molar-refractivity contribution in [1.82, 2.24) is 0 Å². The summed E-state index contributed by atoms with van der Waals surface area (Å²) < 4.78 is 6.23. The molecule has 0 heterocycles. The first kappa shape index (κ1) is 14.9. The summed E-state index contributed by atoms with van der Waals surface area (Å²) in [6.07, 6.45) is 0. The van der Waals surface area contributed by atoms with Gasteiger partial charge in [-0.15, -0.1) is 0 Å². The molecular formula is C17H20BrNO. The van der Waals surface area contributed by atoms with Gasteiger partial charge in [0.05, 0.1) is 11.6 Å². The number of benzene rings is 2. The molecule has 0 spiro atoms. The number of methoxy groups -OCH3 is 1. The minimum absolute atomic E-state index is 0.799. The van der Waals surface area contributed by atoms with Crippen LogP contribution in [0.5, 0.6) is 5.75 Å². The molecule has 2 rings (SSSR count). The zero-order valence-electron chi connectivity index (χ0n) is 12.4. The van der Waals surface area contributed by atoms with Crippen LogP contribution in [0.25, 0.3) is 0 Å². The van der Waals surface area contributed by atoms with E-state index < -0.39 is 0 Å². The molecule has 3 heteroatoms. The van der Waals surface area contributed by atoms with Crippen LogP contribution in [0.4, 0.5) is 5.69 Å². The standard InChI is InChI=1S/C17H20BrNO/c1-11-7-12(2)17(13(3)8-11)19-10-14-5-6-16(20-4)15(18)9-14/h5-9,19H,10H2,1-4H3. The third-order valence-electron chi connectivity index (χ3n) is 3.36. The number of halogens is 1. The minimum atomic E-state index is 0.799. The summed E-state index contributed by atoms with van der Waals surface area (Å²) in [5.74, 6) is 0.858. The van der Waals surface area contributed by atoms with Crippen LogP contribution in [0, 0.1) is 20.8 Å². The fourth-order valence-electron chi connectivity index (χ4n) is 2.47. The third kappa shape index (κ3) is 3.34. The summed E-state index contributed by atoms with van der Waals surface area (Å²) in [7, 11) is 1.68. The molecule has 0 aliphatic rings. The van der Waals surface area contributed by atoms with Gasteiger partial charge in [0.25, 0.3) is 0 Å². The summed E-state index contributed by atoms with van der Waals surface area (Å²) >= 11 is 3.52. The van der Waals surface area contributed by atoms with Gasteiger partial charge in [-0.05, 0) is 65.5 Å². The van der Waals surface area contributed by atoms with E-state index in [-0.39, 0.29) is 0 Å². The van der Waals surface area contributed by atoms with Gasteiger partial charge in [-0.25, -0.2) is 0 Å². The molecule has 0 aliphatic heterocycles. The van der Waals surface area contributed by atoms with E-state index in [0.717, 1.165) is 16.8 Å². The van der Waals surface area contributed by atoms with Crippen LogP contribution >= 0.6 is 15.9 Å². The highest BCUT2D eigenvalue weighted by atomic mass is 79.9. The number of aryl methyl sites for hydroxylation is 3. The monoisotopic (exact) mass is 333 g/mol. The van der Waals surface area contributed by atoms with Crippen molar-refractivity contribution >= 4 is 21.6 Å². The molecule has 2 nitrogen and oxygen atoms in total. The van der Waals surface area contributed by atoms with E-state index in [1.807, 2.05) is 6.07 Å². The highest BCUT2D eigenvalue weighted by Crippen LogP contribution is 2.27. The molecule has 0 aromatic heterocycles. The van der Waals surface area contributed by atoms with Crippen molar-refractivity contribution in [1.29, 1.82) is 0 Å². The molecule has 0 unspecified atom stereocenters. The molecule has 0 atom stereocenters. The average Bonchev–Trinajstić information content (AvgIpc) is 2.37. The van der Waals surface area contributed by atoms with E-state index in [1.165, 1.54) is 27.9 Å². The van der Waals surface area contributed by atoms with Crippen molar-refractivity contribution in [2.24, 2.45) is 0 Å². The molecule has 0 amide bonds. The quantitative estimate of drug-likeness (QED) is 0.850. The topological polar surface area (TPSA) is 21.3 Å². The second-order valence-electron chi connectivity index (χ2n) is 5.10. The maximum Gasteiger partial charge on any atom is 0.133 e. The fourth-order valence-corrected chi connectivity index (χ4v) is 3.06. The van der Waals surface area contributed by atoms with Gasteiger partial charge < -0.3 is 10.1 Å². The van der Waals surface area contributed by atoms with Crippen molar-refractivity contribution < 1.29 is 4.74 Å². The largest absolute Gasteiger partial charge is 0.496 e. The highest BCUT2D eigenvalue weighted by Gasteiger charge is 2.05. The van der Waals surface area contributed by atoms with Crippen LogP contribution in [-0.2, 0) is 6.54 Å². The van der Waals surface area contributed by atoms with Crippen molar-refractivity contribution in [3.63, 3.8) is 0 Å². The lowest BCUT2D eigenvalue weighted by atomic mass is 10.0. The van der Waals surface area contributed by atoms with Crippen LogP contribution < -0.4 is 10.1 Å². The summed E-state index contributed by atoms with van der Waals surface area (Å²) in [5.41, 5.74) is 6.32. The van der Waals surface area contributed by atoms with Crippen LogP contribution in [-0.4, -0.2) is 7.11 Å². The average molecular weight is 334 g/mol. The lowest BCUT2D eigenvalue weighted by molar-refractivity contribution is 0.412. The summed E-state index contributed by atoms with van der Waals surface area (Å²) in [4.78, 5) is 0. The van der Waals surface area contributed by atoms with Crippen molar-refractivity contribution in [3.05, 3.63) is 57.1 Å². The molecular weight excluding hydrogens is 314 g/mol. The molecule has 106 valence electrons. The van der Waals surface area contributed by atoms with Gasteiger partial charge in [0.2, 0.25) is 0 Å². The van der Waals surface area contributed by atoms with Crippen LogP contribution in [0.1, 0.15) is 22.3 Å². The number of ether oxygens (including phenoxy) is 1. The molecule has 0 saturated carbocycles. The Kier molecular flexibility index (Phi) is 4.71. The molecule has 0 fully saturated rings. The number of nitrogens with one attached hydrogen (secondary N) is 1.